The second-order valence-corrected chi connectivity index (χ2v) is 5.75. The second kappa shape index (κ2) is 6.15. The molecule has 2 aromatic heterocycles. The zero-order valence-corrected chi connectivity index (χ0v) is 12.4. The molecule has 0 aliphatic rings. The summed E-state index contributed by atoms with van der Waals surface area (Å²) in [6.07, 6.45) is 3.16. The first-order valence-electron chi connectivity index (χ1n) is 6.91. The summed E-state index contributed by atoms with van der Waals surface area (Å²) in [5.74, 6) is 0. The number of fused-ring (bicyclic) bond motifs is 1. The van der Waals surface area contributed by atoms with Crippen LogP contribution in [-0.2, 0) is 13.1 Å². The van der Waals surface area contributed by atoms with Crippen LogP contribution in [0.25, 0.3) is 10.1 Å². The van der Waals surface area contributed by atoms with Crippen molar-refractivity contribution < 1.29 is 0 Å². The number of nitrogens with one attached hydrogen (secondary N) is 1. The van der Waals surface area contributed by atoms with Crippen molar-refractivity contribution in [1.82, 2.24) is 20.3 Å². The van der Waals surface area contributed by atoms with Gasteiger partial charge in [-0.1, -0.05) is 30.3 Å². The maximum atomic E-state index is 4.21. The Bertz CT molecular complexity index is 686. The SMILES string of the molecule is CCCNCc1cn(Cc2csc3ccccc23)nn1. The number of benzene rings is 1. The molecule has 0 atom stereocenters. The molecule has 4 nitrogen and oxygen atoms in total. The number of thiophene rings is 1. The van der Waals surface area contributed by atoms with Crippen LogP contribution in [0.1, 0.15) is 24.6 Å². The minimum atomic E-state index is 0.783. The van der Waals surface area contributed by atoms with Gasteiger partial charge in [0.2, 0.25) is 0 Å². The van der Waals surface area contributed by atoms with Crippen LogP contribution in [0.15, 0.2) is 35.8 Å². The molecule has 0 aliphatic carbocycles. The van der Waals surface area contributed by atoms with Gasteiger partial charge in [-0.25, -0.2) is 4.68 Å². The molecule has 20 heavy (non-hydrogen) atoms. The predicted molar refractivity (Wildman–Crippen MR) is 82.9 cm³/mol. The molecule has 0 bridgehead atoms. The van der Waals surface area contributed by atoms with Gasteiger partial charge >= 0.3 is 0 Å². The standard InChI is InChI=1S/C15H18N4S/c1-2-7-16-8-13-10-19(18-17-13)9-12-11-20-15-6-4-3-5-14(12)15/h3-6,10-11,16H,2,7-9H2,1H3. The third-order valence-electron chi connectivity index (χ3n) is 3.21. The summed E-state index contributed by atoms with van der Waals surface area (Å²) < 4.78 is 3.24. The molecule has 2 heterocycles. The van der Waals surface area contributed by atoms with Gasteiger partial charge < -0.3 is 5.32 Å². The van der Waals surface area contributed by atoms with E-state index in [9.17, 15) is 0 Å². The molecule has 0 spiro atoms. The van der Waals surface area contributed by atoms with Gasteiger partial charge in [-0.15, -0.1) is 16.4 Å². The smallest absolute Gasteiger partial charge is 0.0964 e. The summed E-state index contributed by atoms with van der Waals surface area (Å²) in [6, 6.07) is 8.49. The van der Waals surface area contributed by atoms with E-state index in [-0.39, 0.29) is 0 Å². The lowest BCUT2D eigenvalue weighted by molar-refractivity contribution is 0.647. The van der Waals surface area contributed by atoms with E-state index in [1.807, 2.05) is 10.9 Å². The highest BCUT2D eigenvalue weighted by atomic mass is 32.1. The summed E-state index contributed by atoms with van der Waals surface area (Å²) in [6.45, 7) is 4.75. The predicted octanol–water partition coefficient (Wildman–Crippen LogP) is 3.04. The van der Waals surface area contributed by atoms with Gasteiger partial charge in [0.05, 0.1) is 18.4 Å². The van der Waals surface area contributed by atoms with E-state index in [2.05, 4.69) is 52.2 Å². The molecule has 0 fully saturated rings. The quantitative estimate of drug-likeness (QED) is 0.708. The molecular formula is C15H18N4S. The van der Waals surface area contributed by atoms with Crippen molar-refractivity contribution in [3.63, 3.8) is 0 Å². The molecule has 1 aromatic carbocycles. The Morgan fingerprint density at radius 1 is 1.30 bits per heavy atom. The highest BCUT2D eigenvalue weighted by Gasteiger charge is 2.06. The summed E-state index contributed by atoms with van der Waals surface area (Å²) in [5, 5.41) is 15.3. The highest BCUT2D eigenvalue weighted by Crippen LogP contribution is 2.25. The Kier molecular flexibility index (Phi) is 4.08. The van der Waals surface area contributed by atoms with Crippen molar-refractivity contribution in [2.75, 3.05) is 6.54 Å². The second-order valence-electron chi connectivity index (χ2n) is 4.84. The van der Waals surface area contributed by atoms with Crippen molar-refractivity contribution in [2.24, 2.45) is 0 Å². The molecule has 0 unspecified atom stereocenters. The van der Waals surface area contributed by atoms with Crippen molar-refractivity contribution in [3.8, 4) is 0 Å². The van der Waals surface area contributed by atoms with E-state index < -0.39 is 0 Å². The molecule has 3 aromatic rings. The van der Waals surface area contributed by atoms with Crippen LogP contribution in [-0.4, -0.2) is 21.5 Å². The first-order chi connectivity index (χ1) is 9.86. The molecule has 0 radical (unpaired) electrons. The topological polar surface area (TPSA) is 42.7 Å². The lowest BCUT2D eigenvalue weighted by Gasteiger charge is -1.99. The number of hydrogen-bond donors (Lipinski definition) is 1. The largest absolute Gasteiger partial charge is 0.311 e. The van der Waals surface area contributed by atoms with E-state index >= 15 is 0 Å². The summed E-state index contributed by atoms with van der Waals surface area (Å²) in [4.78, 5) is 0. The van der Waals surface area contributed by atoms with E-state index in [4.69, 9.17) is 0 Å². The lowest BCUT2D eigenvalue weighted by Crippen LogP contribution is -2.13. The fraction of sp³-hybridized carbons (Fsp3) is 0.333. The molecule has 1 N–H and O–H groups in total. The van der Waals surface area contributed by atoms with Crippen molar-refractivity contribution in [2.45, 2.75) is 26.4 Å². The monoisotopic (exact) mass is 286 g/mol. The van der Waals surface area contributed by atoms with E-state index in [0.29, 0.717) is 0 Å². The van der Waals surface area contributed by atoms with E-state index in [1.54, 1.807) is 11.3 Å². The third-order valence-corrected chi connectivity index (χ3v) is 4.22. The average Bonchev–Trinajstić information content (AvgIpc) is 3.08. The van der Waals surface area contributed by atoms with Crippen molar-refractivity contribution >= 4 is 21.4 Å². The molecule has 5 heteroatoms. The van der Waals surface area contributed by atoms with Crippen LogP contribution in [0, 0.1) is 0 Å². The van der Waals surface area contributed by atoms with Gasteiger partial charge in [0.25, 0.3) is 0 Å². The molecule has 0 amide bonds. The zero-order valence-electron chi connectivity index (χ0n) is 11.5. The minimum absolute atomic E-state index is 0.783. The lowest BCUT2D eigenvalue weighted by atomic mass is 10.2. The van der Waals surface area contributed by atoms with Gasteiger partial charge in [0, 0.05) is 11.2 Å². The zero-order chi connectivity index (χ0) is 13.8. The van der Waals surface area contributed by atoms with Crippen LogP contribution in [0.3, 0.4) is 0 Å². The summed E-state index contributed by atoms with van der Waals surface area (Å²) >= 11 is 1.78. The normalized spacial score (nSPS) is 11.2. The maximum absolute atomic E-state index is 4.21. The van der Waals surface area contributed by atoms with Crippen molar-refractivity contribution in [1.29, 1.82) is 0 Å². The number of nitrogens with zero attached hydrogens (tertiary/aromatic N) is 3. The number of rotatable bonds is 6. The van der Waals surface area contributed by atoms with Crippen molar-refractivity contribution in [3.05, 3.63) is 47.1 Å². The number of aromatic nitrogens is 3. The van der Waals surface area contributed by atoms with Gasteiger partial charge in [0.1, 0.15) is 0 Å². The Hall–Kier alpha value is -1.72. The van der Waals surface area contributed by atoms with Gasteiger partial charge in [-0.05, 0) is 35.4 Å². The molecule has 0 saturated heterocycles. The third kappa shape index (κ3) is 2.89. The first kappa shape index (κ1) is 13.3. The van der Waals surface area contributed by atoms with Gasteiger partial charge in [-0.2, -0.15) is 0 Å². The molecule has 3 rings (SSSR count). The van der Waals surface area contributed by atoms with Gasteiger partial charge in [-0.3, -0.25) is 0 Å². The van der Waals surface area contributed by atoms with Crippen LogP contribution in [0.2, 0.25) is 0 Å². The van der Waals surface area contributed by atoms with Crippen LogP contribution >= 0.6 is 11.3 Å². The molecule has 0 saturated carbocycles. The first-order valence-corrected chi connectivity index (χ1v) is 7.79. The van der Waals surface area contributed by atoms with Crippen LogP contribution < -0.4 is 5.32 Å². The molecule has 104 valence electrons. The highest BCUT2D eigenvalue weighted by molar-refractivity contribution is 7.17. The molecule has 0 aliphatic heterocycles. The Labute approximate surface area is 122 Å². The van der Waals surface area contributed by atoms with Crippen LogP contribution in [0.4, 0.5) is 0 Å². The average molecular weight is 286 g/mol. The Morgan fingerprint density at radius 3 is 3.10 bits per heavy atom. The Morgan fingerprint density at radius 2 is 2.20 bits per heavy atom. The van der Waals surface area contributed by atoms with Crippen LogP contribution in [0.5, 0.6) is 0 Å². The van der Waals surface area contributed by atoms with Gasteiger partial charge in [0.15, 0.2) is 0 Å². The molecular weight excluding hydrogens is 268 g/mol. The number of hydrogen-bond acceptors (Lipinski definition) is 4. The maximum Gasteiger partial charge on any atom is 0.0964 e. The minimum Gasteiger partial charge on any atom is -0.311 e. The van der Waals surface area contributed by atoms with E-state index in [1.165, 1.54) is 15.6 Å². The fourth-order valence-electron chi connectivity index (χ4n) is 2.22. The van der Waals surface area contributed by atoms with E-state index in [0.717, 1.165) is 31.7 Å². The summed E-state index contributed by atoms with van der Waals surface area (Å²) in [7, 11) is 0. The fourth-order valence-corrected chi connectivity index (χ4v) is 3.17. The Balaban J connectivity index is 1.71. The summed E-state index contributed by atoms with van der Waals surface area (Å²) in [5.41, 5.74) is 2.31.